The van der Waals surface area contributed by atoms with E-state index in [-0.39, 0.29) is 12.3 Å². The molecule has 2 rings (SSSR count). The number of nitrogens with zero attached hydrogens (tertiary/aromatic N) is 1. The number of hydrogen-bond donors (Lipinski definition) is 2. The highest BCUT2D eigenvalue weighted by Gasteiger charge is 2.21. The quantitative estimate of drug-likeness (QED) is 0.757. The van der Waals surface area contributed by atoms with Crippen LogP contribution in [-0.4, -0.2) is 30.1 Å². The Bertz CT molecular complexity index is 528. The van der Waals surface area contributed by atoms with Gasteiger partial charge < -0.3 is 15.3 Å². The van der Waals surface area contributed by atoms with Gasteiger partial charge in [-0.15, -0.1) is 0 Å². The summed E-state index contributed by atoms with van der Waals surface area (Å²) < 4.78 is 0. The number of carboxylic acid groups (broad SMARTS) is 1. The Hall–Kier alpha value is -2.04. The minimum Gasteiger partial charge on any atom is -0.481 e. The molecule has 0 fully saturated rings. The SMILES string of the molecule is CC(=O)N1CCc2cc(NCCCCCC(=O)O)ccc21. The fourth-order valence-corrected chi connectivity index (χ4v) is 2.65. The zero-order valence-electron chi connectivity index (χ0n) is 12.4. The summed E-state index contributed by atoms with van der Waals surface area (Å²) in [6.45, 7) is 3.20. The number of unbranched alkanes of at least 4 members (excludes halogenated alkanes) is 2. The number of nitrogens with one attached hydrogen (secondary N) is 1. The summed E-state index contributed by atoms with van der Waals surface area (Å²) in [4.78, 5) is 23.7. The van der Waals surface area contributed by atoms with Crippen molar-refractivity contribution in [2.75, 3.05) is 23.3 Å². The van der Waals surface area contributed by atoms with Crippen molar-refractivity contribution < 1.29 is 14.7 Å². The van der Waals surface area contributed by atoms with Crippen molar-refractivity contribution >= 4 is 23.3 Å². The Kier molecular flexibility index (Phi) is 5.20. The Labute approximate surface area is 125 Å². The van der Waals surface area contributed by atoms with Gasteiger partial charge in [0.25, 0.3) is 0 Å². The van der Waals surface area contributed by atoms with E-state index in [0.29, 0.717) is 0 Å². The lowest BCUT2D eigenvalue weighted by Crippen LogP contribution is -2.25. The summed E-state index contributed by atoms with van der Waals surface area (Å²) in [6.07, 6.45) is 3.77. The fraction of sp³-hybridized carbons (Fsp3) is 0.500. The molecule has 5 nitrogen and oxygen atoms in total. The maximum absolute atomic E-state index is 11.5. The first-order chi connectivity index (χ1) is 10.1. The van der Waals surface area contributed by atoms with Crippen LogP contribution in [0.5, 0.6) is 0 Å². The molecule has 0 unspecified atom stereocenters. The standard InChI is InChI=1S/C16H22N2O3/c1-12(19)18-10-8-13-11-14(6-7-15(13)18)17-9-4-2-3-5-16(20)21/h6-7,11,17H,2-5,8-10H2,1H3,(H,20,21). The first-order valence-electron chi connectivity index (χ1n) is 7.44. The van der Waals surface area contributed by atoms with Gasteiger partial charge >= 0.3 is 5.97 Å². The lowest BCUT2D eigenvalue weighted by molar-refractivity contribution is -0.137. The van der Waals surface area contributed by atoms with Gasteiger partial charge in [-0.1, -0.05) is 6.42 Å². The number of rotatable bonds is 7. The average molecular weight is 290 g/mol. The van der Waals surface area contributed by atoms with E-state index in [1.165, 1.54) is 5.56 Å². The first-order valence-corrected chi connectivity index (χ1v) is 7.44. The van der Waals surface area contributed by atoms with Crippen LogP contribution in [0.1, 0.15) is 38.2 Å². The molecule has 0 aromatic heterocycles. The summed E-state index contributed by atoms with van der Waals surface area (Å²) in [5.74, 6) is -0.635. The van der Waals surface area contributed by atoms with E-state index >= 15 is 0 Å². The van der Waals surface area contributed by atoms with Crippen molar-refractivity contribution in [2.45, 2.75) is 39.0 Å². The van der Waals surface area contributed by atoms with Crippen molar-refractivity contribution in [1.29, 1.82) is 0 Å². The summed E-state index contributed by atoms with van der Waals surface area (Å²) >= 11 is 0. The van der Waals surface area contributed by atoms with Gasteiger partial charge in [0.15, 0.2) is 0 Å². The highest BCUT2D eigenvalue weighted by atomic mass is 16.4. The molecule has 0 saturated heterocycles. The number of benzene rings is 1. The van der Waals surface area contributed by atoms with Crippen molar-refractivity contribution in [3.05, 3.63) is 23.8 Å². The number of carbonyl (C=O) groups excluding carboxylic acids is 1. The predicted octanol–water partition coefficient (Wildman–Crippen LogP) is 2.65. The van der Waals surface area contributed by atoms with Crippen molar-refractivity contribution in [3.8, 4) is 0 Å². The molecule has 1 amide bonds. The van der Waals surface area contributed by atoms with Crippen LogP contribution in [0.3, 0.4) is 0 Å². The lowest BCUT2D eigenvalue weighted by Gasteiger charge is -2.15. The van der Waals surface area contributed by atoms with Crippen LogP contribution in [0.25, 0.3) is 0 Å². The van der Waals surface area contributed by atoms with Crippen molar-refractivity contribution in [3.63, 3.8) is 0 Å². The van der Waals surface area contributed by atoms with E-state index in [2.05, 4.69) is 11.4 Å². The van der Waals surface area contributed by atoms with Crippen molar-refractivity contribution in [2.24, 2.45) is 0 Å². The minimum atomic E-state index is -0.725. The molecule has 0 bridgehead atoms. The Morgan fingerprint density at radius 2 is 2.10 bits per heavy atom. The van der Waals surface area contributed by atoms with Crippen LogP contribution in [0.4, 0.5) is 11.4 Å². The molecule has 1 aliphatic rings. The molecule has 1 aromatic carbocycles. The molecular formula is C16H22N2O3. The average Bonchev–Trinajstić information content (AvgIpc) is 2.85. The van der Waals surface area contributed by atoms with Gasteiger partial charge in [0, 0.05) is 37.8 Å². The molecule has 0 saturated carbocycles. The van der Waals surface area contributed by atoms with E-state index < -0.39 is 5.97 Å². The summed E-state index contributed by atoms with van der Waals surface area (Å²) in [7, 11) is 0. The van der Waals surface area contributed by atoms with E-state index in [9.17, 15) is 9.59 Å². The molecule has 1 aromatic rings. The van der Waals surface area contributed by atoms with Gasteiger partial charge in [0.1, 0.15) is 0 Å². The number of amides is 1. The maximum Gasteiger partial charge on any atom is 0.303 e. The van der Waals surface area contributed by atoms with Crippen LogP contribution in [0, 0.1) is 0 Å². The number of fused-ring (bicyclic) bond motifs is 1. The summed E-state index contributed by atoms with van der Waals surface area (Å²) in [5, 5.41) is 11.9. The smallest absolute Gasteiger partial charge is 0.303 e. The molecule has 0 aliphatic carbocycles. The van der Waals surface area contributed by atoms with Gasteiger partial charge in [-0.2, -0.15) is 0 Å². The predicted molar refractivity (Wildman–Crippen MR) is 82.8 cm³/mol. The van der Waals surface area contributed by atoms with E-state index in [1.54, 1.807) is 6.92 Å². The van der Waals surface area contributed by atoms with Crippen LogP contribution < -0.4 is 10.2 Å². The minimum absolute atomic E-state index is 0.0906. The van der Waals surface area contributed by atoms with Gasteiger partial charge in [-0.3, -0.25) is 9.59 Å². The zero-order valence-corrected chi connectivity index (χ0v) is 12.4. The van der Waals surface area contributed by atoms with Gasteiger partial charge in [0.05, 0.1) is 0 Å². The van der Waals surface area contributed by atoms with Crippen LogP contribution in [0.15, 0.2) is 18.2 Å². The van der Waals surface area contributed by atoms with Crippen molar-refractivity contribution in [1.82, 2.24) is 0 Å². The van der Waals surface area contributed by atoms with E-state index in [4.69, 9.17) is 5.11 Å². The Morgan fingerprint density at radius 3 is 2.81 bits per heavy atom. The number of carboxylic acids is 1. The lowest BCUT2D eigenvalue weighted by atomic mass is 10.1. The molecule has 1 heterocycles. The molecule has 114 valence electrons. The topological polar surface area (TPSA) is 69.6 Å². The fourth-order valence-electron chi connectivity index (χ4n) is 2.65. The molecule has 0 radical (unpaired) electrons. The van der Waals surface area contributed by atoms with Gasteiger partial charge in [0.2, 0.25) is 5.91 Å². The third kappa shape index (κ3) is 4.21. The third-order valence-corrected chi connectivity index (χ3v) is 3.75. The molecule has 1 aliphatic heterocycles. The van der Waals surface area contributed by atoms with E-state index in [1.807, 2.05) is 17.0 Å². The Morgan fingerprint density at radius 1 is 1.29 bits per heavy atom. The normalized spacial score (nSPS) is 13.1. The highest BCUT2D eigenvalue weighted by molar-refractivity contribution is 5.94. The highest BCUT2D eigenvalue weighted by Crippen LogP contribution is 2.30. The number of aliphatic carboxylic acids is 1. The number of carbonyl (C=O) groups is 2. The monoisotopic (exact) mass is 290 g/mol. The van der Waals surface area contributed by atoms with Crippen LogP contribution >= 0.6 is 0 Å². The molecule has 0 atom stereocenters. The second kappa shape index (κ2) is 7.11. The molecular weight excluding hydrogens is 268 g/mol. The van der Waals surface area contributed by atoms with Gasteiger partial charge in [-0.25, -0.2) is 0 Å². The first kappa shape index (κ1) is 15.4. The second-order valence-electron chi connectivity index (χ2n) is 5.40. The maximum atomic E-state index is 11.5. The summed E-state index contributed by atoms with van der Waals surface area (Å²) in [5.41, 5.74) is 3.30. The van der Waals surface area contributed by atoms with Gasteiger partial charge in [-0.05, 0) is 43.0 Å². The largest absolute Gasteiger partial charge is 0.481 e. The van der Waals surface area contributed by atoms with Crippen LogP contribution in [0.2, 0.25) is 0 Å². The number of hydrogen-bond acceptors (Lipinski definition) is 3. The Balaban J connectivity index is 1.78. The van der Waals surface area contributed by atoms with E-state index in [0.717, 1.165) is 50.1 Å². The molecule has 0 spiro atoms. The summed E-state index contributed by atoms with van der Waals surface area (Å²) in [6, 6.07) is 6.10. The molecule has 21 heavy (non-hydrogen) atoms. The van der Waals surface area contributed by atoms with Crippen LogP contribution in [-0.2, 0) is 16.0 Å². The second-order valence-corrected chi connectivity index (χ2v) is 5.40. The molecule has 5 heteroatoms. The molecule has 2 N–H and O–H groups in total. The zero-order chi connectivity index (χ0) is 15.2. The number of anilines is 2. The third-order valence-electron chi connectivity index (χ3n) is 3.75.